The minimum atomic E-state index is -0.387. The zero-order valence-electron chi connectivity index (χ0n) is 10.7. The van der Waals surface area contributed by atoms with Gasteiger partial charge in [-0.2, -0.15) is 0 Å². The highest BCUT2D eigenvalue weighted by atomic mass is 15.1. The van der Waals surface area contributed by atoms with Crippen molar-refractivity contribution < 1.29 is 0 Å². The molecule has 0 saturated heterocycles. The summed E-state index contributed by atoms with van der Waals surface area (Å²) >= 11 is 0. The molecule has 0 amide bonds. The zero-order valence-corrected chi connectivity index (χ0v) is 10.7. The van der Waals surface area contributed by atoms with Crippen LogP contribution in [0.5, 0.6) is 0 Å². The van der Waals surface area contributed by atoms with E-state index in [4.69, 9.17) is 34.4 Å². The Morgan fingerprint density at radius 1 is 0.944 bits per heavy atom. The minimum absolute atomic E-state index is 0.276. The Kier molecular flexibility index (Phi) is 5.20. The highest BCUT2D eigenvalue weighted by Crippen LogP contribution is 2.23. The van der Waals surface area contributed by atoms with E-state index in [0.29, 0.717) is 24.6 Å². The van der Waals surface area contributed by atoms with Crippen LogP contribution in [0.25, 0.3) is 0 Å². The molecule has 1 heterocycles. The molecule has 104 valence electrons. The number of rotatable bonds is 6. The largest absolute Gasteiger partial charge is 0.332 e. The summed E-state index contributed by atoms with van der Waals surface area (Å²) < 4.78 is 1.82. The summed E-state index contributed by atoms with van der Waals surface area (Å²) in [7, 11) is 1.83. The molecule has 1 aromatic rings. The van der Waals surface area contributed by atoms with Crippen LogP contribution in [-0.2, 0) is 7.05 Å². The summed E-state index contributed by atoms with van der Waals surface area (Å²) in [4.78, 5) is 4.44. The maximum atomic E-state index is 5.99. The quantitative estimate of drug-likeness (QED) is 0.321. The SMILES string of the molecule is Cn1c(C(N)CN)nc(C(N)CN)c1C(N)CN. The van der Waals surface area contributed by atoms with Gasteiger partial charge < -0.3 is 39.0 Å². The van der Waals surface area contributed by atoms with Gasteiger partial charge in [-0.05, 0) is 0 Å². The summed E-state index contributed by atoms with van der Waals surface area (Å²) in [5, 5.41) is 0. The fourth-order valence-corrected chi connectivity index (χ4v) is 1.92. The molecular weight excluding hydrogens is 232 g/mol. The van der Waals surface area contributed by atoms with Crippen molar-refractivity contribution in [2.75, 3.05) is 19.6 Å². The van der Waals surface area contributed by atoms with Crippen molar-refractivity contribution >= 4 is 0 Å². The molecule has 8 nitrogen and oxygen atoms in total. The van der Waals surface area contributed by atoms with Gasteiger partial charge in [0, 0.05) is 26.7 Å². The molecular formula is C10H24N8. The fraction of sp³-hybridized carbons (Fsp3) is 0.700. The third-order valence-corrected chi connectivity index (χ3v) is 3.00. The molecule has 0 spiro atoms. The summed E-state index contributed by atoms with van der Waals surface area (Å²) in [5.41, 5.74) is 36.0. The molecule has 3 atom stereocenters. The lowest BCUT2D eigenvalue weighted by atomic mass is 10.1. The molecule has 3 unspecified atom stereocenters. The normalized spacial score (nSPS) is 16.6. The van der Waals surface area contributed by atoms with Gasteiger partial charge in [0.15, 0.2) is 0 Å². The van der Waals surface area contributed by atoms with Gasteiger partial charge in [0.2, 0.25) is 0 Å². The predicted molar refractivity (Wildman–Crippen MR) is 71.2 cm³/mol. The Morgan fingerprint density at radius 3 is 1.89 bits per heavy atom. The molecule has 0 bridgehead atoms. The molecule has 0 aliphatic carbocycles. The Hall–Kier alpha value is -1.03. The number of nitrogens with zero attached hydrogens (tertiary/aromatic N) is 2. The highest BCUT2D eigenvalue weighted by Gasteiger charge is 2.24. The molecule has 0 radical (unpaired) electrons. The van der Waals surface area contributed by atoms with Gasteiger partial charge in [-0.1, -0.05) is 0 Å². The van der Waals surface area contributed by atoms with E-state index < -0.39 is 0 Å². The Labute approximate surface area is 107 Å². The maximum absolute atomic E-state index is 5.99. The van der Waals surface area contributed by atoms with E-state index in [9.17, 15) is 0 Å². The van der Waals surface area contributed by atoms with E-state index in [1.165, 1.54) is 0 Å². The first-order valence-electron chi connectivity index (χ1n) is 5.91. The van der Waals surface area contributed by atoms with Crippen molar-refractivity contribution in [2.24, 2.45) is 41.4 Å². The van der Waals surface area contributed by atoms with Crippen LogP contribution in [0.4, 0.5) is 0 Å². The van der Waals surface area contributed by atoms with E-state index >= 15 is 0 Å². The monoisotopic (exact) mass is 256 g/mol. The van der Waals surface area contributed by atoms with Gasteiger partial charge in [0.25, 0.3) is 0 Å². The number of aromatic nitrogens is 2. The third kappa shape index (κ3) is 2.69. The Balaban J connectivity index is 3.31. The maximum Gasteiger partial charge on any atom is 0.127 e. The van der Waals surface area contributed by atoms with Crippen molar-refractivity contribution in [3.8, 4) is 0 Å². The number of hydrogen-bond acceptors (Lipinski definition) is 7. The van der Waals surface area contributed by atoms with Gasteiger partial charge in [0.1, 0.15) is 5.82 Å². The van der Waals surface area contributed by atoms with Crippen molar-refractivity contribution in [1.29, 1.82) is 0 Å². The zero-order chi connectivity index (χ0) is 13.9. The molecule has 0 saturated carbocycles. The average molecular weight is 256 g/mol. The van der Waals surface area contributed by atoms with Gasteiger partial charge in [0.05, 0.1) is 29.5 Å². The molecule has 18 heavy (non-hydrogen) atoms. The second-order valence-corrected chi connectivity index (χ2v) is 4.33. The molecule has 0 fully saturated rings. The van der Waals surface area contributed by atoms with Crippen LogP contribution in [0.3, 0.4) is 0 Å². The average Bonchev–Trinajstić information content (AvgIpc) is 2.73. The van der Waals surface area contributed by atoms with Crippen LogP contribution < -0.4 is 34.4 Å². The van der Waals surface area contributed by atoms with Crippen LogP contribution in [0.15, 0.2) is 0 Å². The van der Waals surface area contributed by atoms with Crippen LogP contribution in [0.2, 0.25) is 0 Å². The number of hydrogen-bond donors (Lipinski definition) is 6. The van der Waals surface area contributed by atoms with E-state index in [0.717, 1.165) is 5.69 Å². The van der Waals surface area contributed by atoms with E-state index in [1.54, 1.807) is 0 Å². The molecule has 0 aromatic carbocycles. The molecule has 1 rings (SSSR count). The Morgan fingerprint density at radius 2 is 1.44 bits per heavy atom. The van der Waals surface area contributed by atoms with Crippen molar-refractivity contribution in [3.05, 3.63) is 17.2 Å². The summed E-state index contributed by atoms with van der Waals surface area (Å²) in [5.74, 6) is 0.648. The second-order valence-electron chi connectivity index (χ2n) is 4.33. The standard InChI is InChI=1S/C10H24N8/c1-18-9(6(15)3-12)8(5(14)2-11)17-10(18)7(16)4-13/h5-7H,2-4,11-16H2,1H3. The lowest BCUT2D eigenvalue weighted by Gasteiger charge is -2.16. The summed E-state index contributed by atoms with van der Waals surface area (Å²) in [6, 6.07) is -1.10. The van der Waals surface area contributed by atoms with Crippen LogP contribution in [0, 0.1) is 0 Å². The van der Waals surface area contributed by atoms with Crippen LogP contribution in [-0.4, -0.2) is 29.2 Å². The van der Waals surface area contributed by atoms with E-state index in [2.05, 4.69) is 4.98 Å². The first-order chi connectivity index (χ1) is 8.47. The lowest BCUT2D eigenvalue weighted by molar-refractivity contribution is 0.601. The van der Waals surface area contributed by atoms with Crippen molar-refractivity contribution in [2.45, 2.75) is 18.1 Å². The first kappa shape index (κ1) is 15.0. The van der Waals surface area contributed by atoms with Gasteiger partial charge in [-0.3, -0.25) is 0 Å². The first-order valence-corrected chi connectivity index (χ1v) is 5.91. The minimum Gasteiger partial charge on any atom is -0.332 e. The van der Waals surface area contributed by atoms with Gasteiger partial charge >= 0.3 is 0 Å². The third-order valence-electron chi connectivity index (χ3n) is 3.00. The highest BCUT2D eigenvalue weighted by molar-refractivity contribution is 5.25. The molecule has 1 aromatic heterocycles. The molecule has 12 N–H and O–H groups in total. The van der Waals surface area contributed by atoms with Crippen LogP contribution >= 0.6 is 0 Å². The van der Waals surface area contributed by atoms with Crippen molar-refractivity contribution in [1.82, 2.24) is 9.55 Å². The smallest absolute Gasteiger partial charge is 0.127 e. The molecule has 8 heteroatoms. The fourth-order valence-electron chi connectivity index (χ4n) is 1.92. The van der Waals surface area contributed by atoms with Crippen LogP contribution in [0.1, 0.15) is 35.3 Å². The number of imidazole rings is 1. The number of nitrogens with two attached hydrogens (primary N) is 6. The second kappa shape index (κ2) is 6.23. The van der Waals surface area contributed by atoms with Gasteiger partial charge in [-0.15, -0.1) is 0 Å². The summed E-state index contributed by atoms with van der Waals surface area (Å²) in [6.07, 6.45) is 0. The molecule has 0 aliphatic rings. The molecule has 0 aliphatic heterocycles. The van der Waals surface area contributed by atoms with Gasteiger partial charge in [-0.25, -0.2) is 4.98 Å². The Bertz CT molecular complexity index is 387. The van der Waals surface area contributed by atoms with E-state index in [-0.39, 0.29) is 24.7 Å². The lowest BCUT2D eigenvalue weighted by Crippen LogP contribution is -2.29. The summed E-state index contributed by atoms with van der Waals surface area (Å²) in [6.45, 7) is 0.860. The topological polar surface area (TPSA) is 174 Å². The predicted octanol–water partition coefficient (Wildman–Crippen LogP) is -2.70. The van der Waals surface area contributed by atoms with Crippen molar-refractivity contribution in [3.63, 3.8) is 0 Å². The van der Waals surface area contributed by atoms with E-state index in [1.807, 2.05) is 11.6 Å².